The van der Waals surface area contributed by atoms with E-state index in [1.165, 1.54) is 0 Å². The highest BCUT2D eigenvalue weighted by atomic mass is 16.5. The number of rotatable bonds is 7. The summed E-state index contributed by atoms with van der Waals surface area (Å²) in [6.07, 6.45) is -4.54. The quantitative estimate of drug-likeness (QED) is 0.306. The molecule has 0 aromatic carbocycles. The van der Waals surface area contributed by atoms with Crippen molar-refractivity contribution in [2.75, 3.05) is 6.61 Å². The maximum absolute atomic E-state index is 11.7. The van der Waals surface area contributed by atoms with Crippen LogP contribution in [0.4, 0.5) is 0 Å². The number of carboxylic acids is 1. The Morgan fingerprint density at radius 3 is 2.55 bits per heavy atom. The lowest BCUT2D eigenvalue weighted by molar-refractivity contribution is -0.149. The Balaban J connectivity index is 3.01. The van der Waals surface area contributed by atoms with Gasteiger partial charge in [-0.25, -0.2) is 4.79 Å². The molecular formula is C13H21NO8. The van der Waals surface area contributed by atoms with Crippen LogP contribution in [0.1, 0.15) is 19.8 Å². The summed E-state index contributed by atoms with van der Waals surface area (Å²) in [5.41, 5.74) is 0. The highest BCUT2D eigenvalue weighted by Crippen LogP contribution is 2.23. The highest BCUT2D eigenvalue weighted by Gasteiger charge is 2.43. The number of amides is 1. The van der Waals surface area contributed by atoms with Gasteiger partial charge in [-0.3, -0.25) is 4.79 Å². The zero-order valence-corrected chi connectivity index (χ0v) is 12.0. The normalized spacial score (nSPS) is 27.3. The van der Waals surface area contributed by atoms with Crippen molar-refractivity contribution < 1.29 is 39.9 Å². The Labute approximate surface area is 126 Å². The molecule has 0 saturated carbocycles. The third-order valence-electron chi connectivity index (χ3n) is 3.24. The van der Waals surface area contributed by atoms with Crippen LogP contribution < -0.4 is 5.32 Å². The molecule has 0 radical (unpaired) electrons. The minimum atomic E-state index is -1.70. The van der Waals surface area contributed by atoms with Gasteiger partial charge in [-0.05, 0) is 12.5 Å². The van der Waals surface area contributed by atoms with E-state index in [0.29, 0.717) is 6.42 Å². The predicted molar refractivity (Wildman–Crippen MR) is 72.5 cm³/mol. The average molecular weight is 319 g/mol. The molecule has 2 unspecified atom stereocenters. The fraction of sp³-hybridized carbons (Fsp3) is 0.692. The number of ether oxygens (including phenoxy) is 1. The molecule has 1 heterocycles. The molecule has 22 heavy (non-hydrogen) atoms. The van der Waals surface area contributed by atoms with E-state index in [1.54, 1.807) is 6.92 Å². The molecule has 6 N–H and O–H groups in total. The van der Waals surface area contributed by atoms with E-state index in [-0.39, 0.29) is 6.42 Å². The summed E-state index contributed by atoms with van der Waals surface area (Å²) in [6, 6.07) is -1.15. The van der Waals surface area contributed by atoms with Crippen molar-refractivity contribution in [1.29, 1.82) is 0 Å². The van der Waals surface area contributed by atoms with Gasteiger partial charge in [0, 0.05) is 6.42 Å². The molecule has 9 heteroatoms. The summed E-state index contributed by atoms with van der Waals surface area (Å²) >= 11 is 0. The smallest absolute Gasteiger partial charge is 0.370 e. The zero-order chi connectivity index (χ0) is 16.9. The number of aliphatic carboxylic acids is 1. The van der Waals surface area contributed by atoms with Crippen LogP contribution in [0.3, 0.4) is 0 Å². The van der Waals surface area contributed by atoms with Crippen LogP contribution in [-0.4, -0.2) is 74.5 Å². The van der Waals surface area contributed by atoms with Gasteiger partial charge < -0.3 is 35.6 Å². The summed E-state index contributed by atoms with van der Waals surface area (Å²) in [4.78, 5) is 22.6. The Morgan fingerprint density at radius 2 is 2.05 bits per heavy atom. The van der Waals surface area contributed by atoms with Gasteiger partial charge in [0.15, 0.2) is 6.10 Å². The molecule has 126 valence electrons. The first-order valence-electron chi connectivity index (χ1n) is 6.88. The number of aliphatic hydroxyl groups excluding tert-OH is 4. The molecule has 1 aliphatic heterocycles. The Morgan fingerprint density at radius 1 is 1.41 bits per heavy atom. The van der Waals surface area contributed by atoms with Crippen LogP contribution in [0.15, 0.2) is 11.8 Å². The largest absolute Gasteiger partial charge is 0.478 e. The summed E-state index contributed by atoms with van der Waals surface area (Å²) in [5, 5.41) is 49.7. The number of nitrogens with one attached hydrogen (secondary N) is 1. The monoisotopic (exact) mass is 319 g/mol. The Kier molecular flexibility index (Phi) is 6.75. The van der Waals surface area contributed by atoms with Crippen LogP contribution in [0.25, 0.3) is 0 Å². The number of carboxylic acid groups (broad SMARTS) is 1. The van der Waals surface area contributed by atoms with E-state index in [1.807, 2.05) is 0 Å². The third-order valence-corrected chi connectivity index (χ3v) is 3.24. The van der Waals surface area contributed by atoms with E-state index in [9.17, 15) is 24.9 Å². The van der Waals surface area contributed by atoms with Gasteiger partial charge in [-0.2, -0.15) is 0 Å². The molecule has 0 bridgehead atoms. The standard InChI is InChI=1S/C13H21NO8/c1-2-3-9(18)14-10-6(16)4-8(13(20)21)22-12(10)11(19)7(17)5-15/h4,6-7,10-12,15-17,19H,2-3,5H2,1H3,(H,14,18)(H,20,21)/t6-,7?,10+,11?,12+/m0/s1. The van der Waals surface area contributed by atoms with Gasteiger partial charge in [0.25, 0.3) is 0 Å². The van der Waals surface area contributed by atoms with E-state index >= 15 is 0 Å². The molecule has 0 aliphatic carbocycles. The second-order valence-corrected chi connectivity index (χ2v) is 4.99. The topological polar surface area (TPSA) is 157 Å². The van der Waals surface area contributed by atoms with Crippen LogP contribution in [0, 0.1) is 0 Å². The Hall–Kier alpha value is -1.68. The molecule has 1 amide bonds. The number of hydrogen-bond donors (Lipinski definition) is 6. The van der Waals surface area contributed by atoms with Crippen LogP contribution in [-0.2, 0) is 14.3 Å². The van der Waals surface area contributed by atoms with Gasteiger partial charge in [-0.1, -0.05) is 6.92 Å². The van der Waals surface area contributed by atoms with Gasteiger partial charge in [0.1, 0.15) is 18.3 Å². The van der Waals surface area contributed by atoms with Crippen molar-refractivity contribution in [2.45, 2.75) is 50.2 Å². The zero-order valence-electron chi connectivity index (χ0n) is 12.0. The van der Waals surface area contributed by atoms with Crippen molar-refractivity contribution in [3.63, 3.8) is 0 Å². The lowest BCUT2D eigenvalue weighted by Crippen LogP contribution is -2.60. The average Bonchev–Trinajstić information content (AvgIpc) is 2.47. The van der Waals surface area contributed by atoms with Gasteiger partial charge in [-0.15, -0.1) is 0 Å². The van der Waals surface area contributed by atoms with Crippen LogP contribution in [0.2, 0.25) is 0 Å². The lowest BCUT2D eigenvalue weighted by atomic mass is 9.93. The molecule has 0 spiro atoms. The van der Waals surface area contributed by atoms with E-state index in [4.69, 9.17) is 14.9 Å². The fourth-order valence-electron chi connectivity index (χ4n) is 2.10. The van der Waals surface area contributed by atoms with E-state index in [2.05, 4.69) is 5.32 Å². The lowest BCUT2D eigenvalue weighted by Gasteiger charge is -2.38. The van der Waals surface area contributed by atoms with Crippen molar-refractivity contribution in [3.8, 4) is 0 Å². The molecule has 0 fully saturated rings. The number of carbonyl (C=O) groups is 2. The fourth-order valence-corrected chi connectivity index (χ4v) is 2.10. The van der Waals surface area contributed by atoms with Crippen LogP contribution >= 0.6 is 0 Å². The van der Waals surface area contributed by atoms with E-state index < -0.39 is 54.7 Å². The molecule has 9 nitrogen and oxygen atoms in total. The van der Waals surface area contributed by atoms with E-state index in [0.717, 1.165) is 6.08 Å². The van der Waals surface area contributed by atoms with Crippen LogP contribution in [0.5, 0.6) is 0 Å². The molecule has 0 aromatic rings. The first kappa shape index (κ1) is 18.4. The summed E-state index contributed by atoms with van der Waals surface area (Å²) in [5.74, 6) is -2.49. The van der Waals surface area contributed by atoms with Crippen molar-refractivity contribution in [2.24, 2.45) is 0 Å². The van der Waals surface area contributed by atoms with Gasteiger partial charge >= 0.3 is 5.97 Å². The summed E-state index contributed by atoms with van der Waals surface area (Å²) in [6.45, 7) is 0.983. The number of aliphatic hydroxyl groups is 4. The maximum Gasteiger partial charge on any atom is 0.370 e. The molecule has 0 saturated heterocycles. The first-order chi connectivity index (χ1) is 10.3. The third kappa shape index (κ3) is 4.41. The second kappa shape index (κ2) is 8.08. The maximum atomic E-state index is 11.7. The van der Waals surface area contributed by atoms with Crippen molar-refractivity contribution in [3.05, 3.63) is 11.8 Å². The molecule has 1 aliphatic rings. The predicted octanol–water partition coefficient (Wildman–Crippen LogP) is -2.29. The number of hydrogen-bond acceptors (Lipinski definition) is 7. The van der Waals surface area contributed by atoms with Crippen molar-refractivity contribution in [1.82, 2.24) is 5.32 Å². The Bertz CT molecular complexity index is 438. The summed E-state index contributed by atoms with van der Waals surface area (Å²) < 4.78 is 5.06. The van der Waals surface area contributed by atoms with Crippen molar-refractivity contribution >= 4 is 11.9 Å². The molecule has 0 aromatic heterocycles. The number of carbonyl (C=O) groups excluding carboxylic acids is 1. The molecule has 5 atom stereocenters. The summed E-state index contributed by atoms with van der Waals surface area (Å²) in [7, 11) is 0. The molecular weight excluding hydrogens is 298 g/mol. The minimum Gasteiger partial charge on any atom is -0.478 e. The second-order valence-electron chi connectivity index (χ2n) is 4.99. The minimum absolute atomic E-state index is 0.171. The molecule has 1 rings (SSSR count). The van der Waals surface area contributed by atoms with Gasteiger partial charge in [0.05, 0.1) is 12.6 Å². The highest BCUT2D eigenvalue weighted by molar-refractivity contribution is 5.84. The first-order valence-corrected chi connectivity index (χ1v) is 6.88. The SMILES string of the molecule is CCCC(=O)N[C@@H]1[C@@H](O)C=C(C(=O)O)O[C@H]1C(O)C(O)CO. The van der Waals surface area contributed by atoms with Gasteiger partial charge in [0.2, 0.25) is 11.7 Å².